The van der Waals surface area contributed by atoms with Crippen molar-refractivity contribution >= 4 is 33.8 Å². The zero-order chi connectivity index (χ0) is 20.6. The second kappa shape index (κ2) is 9.85. The molecule has 0 saturated heterocycles. The quantitative estimate of drug-likeness (QED) is 0.192. The minimum Gasteiger partial charge on any atom is -0.494 e. The molecule has 0 saturated carbocycles. The fourth-order valence-electron chi connectivity index (χ4n) is 2.55. The van der Waals surface area contributed by atoms with E-state index in [2.05, 4.69) is 15.9 Å². The van der Waals surface area contributed by atoms with Gasteiger partial charge in [-0.3, -0.25) is 4.79 Å². The molecule has 0 aromatic heterocycles. The summed E-state index contributed by atoms with van der Waals surface area (Å²) < 4.78 is 11.6. The van der Waals surface area contributed by atoms with Crippen molar-refractivity contribution in [2.24, 2.45) is 0 Å². The van der Waals surface area contributed by atoms with Crippen LogP contribution >= 0.6 is 15.9 Å². The Balaban J connectivity index is 1.60. The number of allylic oxidation sites excluding steroid dienone is 1. The topological polar surface area (TPSA) is 52.6 Å². The number of hydrogen-bond donors (Lipinski definition) is 0. The molecule has 3 aromatic rings. The molecule has 29 heavy (non-hydrogen) atoms. The Morgan fingerprint density at radius 3 is 2.03 bits per heavy atom. The summed E-state index contributed by atoms with van der Waals surface area (Å²) in [7, 11) is 0. The van der Waals surface area contributed by atoms with Crippen LogP contribution in [0.5, 0.6) is 11.5 Å². The molecular weight excluding hydrogens is 432 g/mol. The molecule has 0 heterocycles. The number of esters is 1. The summed E-state index contributed by atoms with van der Waals surface area (Å²) in [4.78, 5) is 24.5. The third-order valence-corrected chi connectivity index (χ3v) is 4.58. The zero-order valence-corrected chi connectivity index (χ0v) is 17.4. The van der Waals surface area contributed by atoms with Gasteiger partial charge in [-0.15, -0.1) is 0 Å². The molecule has 3 aromatic carbocycles. The van der Waals surface area contributed by atoms with Gasteiger partial charge in [0.2, 0.25) is 0 Å². The number of carbonyl (C=O) groups is 2. The van der Waals surface area contributed by atoms with Crippen LogP contribution in [0.4, 0.5) is 0 Å². The lowest BCUT2D eigenvalue weighted by Crippen LogP contribution is -2.08. The van der Waals surface area contributed by atoms with Crippen LogP contribution in [0.3, 0.4) is 0 Å². The molecule has 0 amide bonds. The molecule has 0 bridgehead atoms. The first kappa shape index (κ1) is 20.6. The van der Waals surface area contributed by atoms with Crippen molar-refractivity contribution in [1.29, 1.82) is 0 Å². The average Bonchev–Trinajstić information content (AvgIpc) is 2.74. The molecule has 0 aliphatic carbocycles. The number of hydrogen-bond acceptors (Lipinski definition) is 4. The maximum atomic E-state index is 12.4. The minimum atomic E-state index is -0.452. The summed E-state index contributed by atoms with van der Waals surface area (Å²) in [6, 6.07) is 20.9. The van der Waals surface area contributed by atoms with Crippen LogP contribution in [0.1, 0.15) is 33.2 Å². The second-order valence-corrected chi connectivity index (χ2v) is 7.04. The minimum absolute atomic E-state index is 0.135. The lowest BCUT2D eigenvalue weighted by Gasteiger charge is -2.05. The third kappa shape index (κ3) is 5.90. The van der Waals surface area contributed by atoms with Crippen molar-refractivity contribution in [3.63, 3.8) is 0 Å². The highest BCUT2D eigenvalue weighted by molar-refractivity contribution is 9.10. The van der Waals surface area contributed by atoms with Gasteiger partial charge in [0.15, 0.2) is 5.78 Å². The van der Waals surface area contributed by atoms with Crippen molar-refractivity contribution < 1.29 is 19.1 Å². The Morgan fingerprint density at radius 1 is 0.828 bits per heavy atom. The van der Waals surface area contributed by atoms with E-state index < -0.39 is 5.97 Å². The van der Waals surface area contributed by atoms with E-state index in [1.165, 1.54) is 6.08 Å². The second-order valence-electron chi connectivity index (χ2n) is 6.12. The third-order valence-electron chi connectivity index (χ3n) is 4.05. The van der Waals surface area contributed by atoms with Crippen LogP contribution in [0, 0.1) is 0 Å². The Hall–Kier alpha value is -3.18. The van der Waals surface area contributed by atoms with E-state index in [0.29, 0.717) is 23.5 Å². The predicted octanol–water partition coefficient (Wildman–Crippen LogP) is 5.96. The highest BCUT2D eigenvalue weighted by atomic mass is 79.9. The van der Waals surface area contributed by atoms with Crippen molar-refractivity contribution in [2.75, 3.05) is 6.61 Å². The molecule has 0 atom stereocenters. The highest BCUT2D eigenvalue weighted by Gasteiger charge is 2.09. The van der Waals surface area contributed by atoms with E-state index in [1.807, 2.05) is 31.2 Å². The number of ketones is 1. The van der Waals surface area contributed by atoms with Gasteiger partial charge in [0.05, 0.1) is 12.2 Å². The van der Waals surface area contributed by atoms with E-state index in [9.17, 15) is 9.59 Å². The molecule has 0 fully saturated rings. The smallest absolute Gasteiger partial charge is 0.343 e. The number of ether oxygens (including phenoxy) is 2. The number of benzene rings is 3. The number of rotatable bonds is 7. The summed E-state index contributed by atoms with van der Waals surface area (Å²) in [5, 5.41) is 0. The van der Waals surface area contributed by atoms with Gasteiger partial charge in [-0.1, -0.05) is 34.1 Å². The van der Waals surface area contributed by atoms with Gasteiger partial charge in [-0.05, 0) is 79.2 Å². The highest BCUT2D eigenvalue weighted by Crippen LogP contribution is 2.17. The summed E-state index contributed by atoms with van der Waals surface area (Å²) in [5.41, 5.74) is 1.86. The predicted molar refractivity (Wildman–Crippen MR) is 117 cm³/mol. The summed E-state index contributed by atoms with van der Waals surface area (Å²) >= 11 is 3.32. The van der Waals surface area contributed by atoms with Crippen LogP contribution in [-0.2, 0) is 0 Å². The molecule has 3 rings (SSSR count). The van der Waals surface area contributed by atoms with Gasteiger partial charge in [0, 0.05) is 10.0 Å². The summed E-state index contributed by atoms with van der Waals surface area (Å²) in [6.07, 6.45) is 3.26. The molecule has 0 aliphatic heterocycles. The van der Waals surface area contributed by atoms with Gasteiger partial charge < -0.3 is 9.47 Å². The fourth-order valence-corrected chi connectivity index (χ4v) is 2.81. The number of carbonyl (C=O) groups excluding carboxylic acids is 2. The zero-order valence-electron chi connectivity index (χ0n) is 15.8. The Morgan fingerprint density at radius 2 is 1.41 bits per heavy atom. The van der Waals surface area contributed by atoms with Crippen molar-refractivity contribution in [3.8, 4) is 11.5 Å². The van der Waals surface area contributed by atoms with Crippen LogP contribution in [-0.4, -0.2) is 18.4 Å². The Bertz CT molecular complexity index is 1000. The fraction of sp³-hybridized carbons (Fsp3) is 0.0833. The van der Waals surface area contributed by atoms with Gasteiger partial charge in [-0.2, -0.15) is 0 Å². The molecule has 0 unspecified atom stereocenters. The van der Waals surface area contributed by atoms with Crippen molar-refractivity contribution in [1.82, 2.24) is 0 Å². The SMILES string of the molecule is CCOc1ccc(/C=C/C(=O)c2ccc(OC(=O)c3ccc(Br)cc3)cc2)cc1. The Kier molecular flexibility index (Phi) is 6.98. The average molecular weight is 451 g/mol. The standard InChI is InChI=1S/C24H19BrO4/c1-2-28-21-12-3-17(4-13-21)5-16-23(26)18-8-14-22(15-9-18)29-24(27)19-6-10-20(25)11-7-19/h3-16H,2H2,1H3/b16-5+. The van der Waals surface area contributed by atoms with E-state index in [0.717, 1.165) is 15.8 Å². The van der Waals surface area contributed by atoms with Crippen LogP contribution in [0.25, 0.3) is 6.08 Å². The van der Waals surface area contributed by atoms with E-state index in [4.69, 9.17) is 9.47 Å². The Labute approximate surface area is 177 Å². The van der Waals surface area contributed by atoms with Crippen molar-refractivity contribution in [2.45, 2.75) is 6.92 Å². The monoisotopic (exact) mass is 450 g/mol. The van der Waals surface area contributed by atoms with E-state index in [-0.39, 0.29) is 5.78 Å². The summed E-state index contributed by atoms with van der Waals surface area (Å²) in [5.74, 6) is 0.589. The first-order chi connectivity index (χ1) is 14.0. The lowest BCUT2D eigenvalue weighted by atomic mass is 10.1. The largest absolute Gasteiger partial charge is 0.494 e. The molecular formula is C24H19BrO4. The molecule has 4 nitrogen and oxygen atoms in total. The van der Waals surface area contributed by atoms with E-state index in [1.54, 1.807) is 54.6 Å². The van der Waals surface area contributed by atoms with E-state index >= 15 is 0 Å². The van der Waals surface area contributed by atoms with Gasteiger partial charge in [-0.25, -0.2) is 4.79 Å². The van der Waals surface area contributed by atoms with Gasteiger partial charge >= 0.3 is 5.97 Å². The first-order valence-electron chi connectivity index (χ1n) is 9.08. The maximum absolute atomic E-state index is 12.4. The maximum Gasteiger partial charge on any atom is 0.343 e. The molecule has 0 N–H and O–H groups in total. The van der Waals surface area contributed by atoms with Crippen LogP contribution in [0.2, 0.25) is 0 Å². The molecule has 146 valence electrons. The lowest BCUT2D eigenvalue weighted by molar-refractivity contribution is 0.0734. The van der Waals surface area contributed by atoms with Crippen LogP contribution < -0.4 is 9.47 Å². The van der Waals surface area contributed by atoms with Crippen molar-refractivity contribution in [3.05, 3.63) is 100 Å². The summed E-state index contributed by atoms with van der Waals surface area (Å²) in [6.45, 7) is 2.54. The molecule has 0 aliphatic rings. The molecule has 0 spiro atoms. The van der Waals surface area contributed by atoms with Gasteiger partial charge in [0.25, 0.3) is 0 Å². The normalized spacial score (nSPS) is 10.7. The molecule has 0 radical (unpaired) electrons. The first-order valence-corrected chi connectivity index (χ1v) is 9.87. The number of halogens is 1. The molecule has 5 heteroatoms. The van der Waals surface area contributed by atoms with Crippen LogP contribution in [0.15, 0.2) is 83.3 Å². The van der Waals surface area contributed by atoms with Gasteiger partial charge in [0.1, 0.15) is 11.5 Å².